The van der Waals surface area contributed by atoms with Crippen LogP contribution in [-0.2, 0) is 11.3 Å². The van der Waals surface area contributed by atoms with Crippen LogP contribution in [0.2, 0.25) is 0 Å². The highest BCUT2D eigenvalue weighted by molar-refractivity contribution is 5.78. The van der Waals surface area contributed by atoms with Crippen molar-refractivity contribution in [2.45, 2.75) is 47.2 Å². The van der Waals surface area contributed by atoms with Gasteiger partial charge >= 0.3 is 0 Å². The molecule has 4 heteroatoms. The molecule has 1 aromatic rings. The van der Waals surface area contributed by atoms with Crippen molar-refractivity contribution < 1.29 is 4.79 Å². The second kappa shape index (κ2) is 5.34. The van der Waals surface area contributed by atoms with E-state index in [-0.39, 0.29) is 23.3 Å². The molecule has 1 aromatic heterocycles. The fourth-order valence-electron chi connectivity index (χ4n) is 1.48. The maximum absolute atomic E-state index is 11.8. The number of imidazole rings is 1. The average molecular weight is 237 g/mol. The van der Waals surface area contributed by atoms with Crippen molar-refractivity contribution in [3.63, 3.8) is 0 Å². The van der Waals surface area contributed by atoms with Gasteiger partial charge in [-0.25, -0.2) is 4.98 Å². The van der Waals surface area contributed by atoms with E-state index in [1.807, 2.05) is 24.6 Å². The second-order valence-electron chi connectivity index (χ2n) is 5.84. The van der Waals surface area contributed by atoms with Crippen molar-refractivity contribution in [3.05, 3.63) is 18.7 Å². The van der Waals surface area contributed by atoms with Crippen molar-refractivity contribution in [1.82, 2.24) is 14.9 Å². The van der Waals surface area contributed by atoms with Crippen LogP contribution in [0.25, 0.3) is 0 Å². The number of carbonyl (C=O) groups excluding carboxylic acids is 1. The molecule has 1 rings (SSSR count). The van der Waals surface area contributed by atoms with Crippen LogP contribution in [0, 0.1) is 11.3 Å². The van der Waals surface area contributed by atoms with Gasteiger partial charge < -0.3 is 9.88 Å². The van der Waals surface area contributed by atoms with Gasteiger partial charge in [0.2, 0.25) is 5.91 Å². The van der Waals surface area contributed by atoms with Crippen LogP contribution < -0.4 is 5.32 Å². The van der Waals surface area contributed by atoms with Gasteiger partial charge in [-0.2, -0.15) is 0 Å². The highest BCUT2D eigenvalue weighted by Crippen LogP contribution is 2.21. The summed E-state index contributed by atoms with van der Waals surface area (Å²) in [5, 5.41) is 3.11. The van der Waals surface area contributed by atoms with Crippen LogP contribution >= 0.6 is 0 Å². The Kier molecular flexibility index (Phi) is 4.32. The van der Waals surface area contributed by atoms with Crippen molar-refractivity contribution in [2.24, 2.45) is 11.3 Å². The summed E-state index contributed by atoms with van der Waals surface area (Å²) in [6.07, 6.45) is 5.45. The molecule has 0 aliphatic carbocycles. The minimum atomic E-state index is 0.0163. The lowest BCUT2D eigenvalue weighted by Gasteiger charge is -2.32. The van der Waals surface area contributed by atoms with Crippen molar-refractivity contribution in [2.75, 3.05) is 0 Å². The maximum atomic E-state index is 11.8. The standard InChI is InChI=1S/C13H23N3O/c1-10(2)12(17)15-11(13(3,4)5)8-16-7-6-14-9-16/h6-7,9-11H,8H2,1-5H3,(H,15,17). The zero-order valence-electron chi connectivity index (χ0n) is 11.4. The summed E-state index contributed by atoms with van der Waals surface area (Å²) in [5.74, 6) is 0.118. The number of nitrogens with zero attached hydrogens (tertiary/aromatic N) is 2. The van der Waals surface area contributed by atoms with Gasteiger partial charge in [0.1, 0.15) is 0 Å². The number of nitrogens with one attached hydrogen (secondary N) is 1. The first kappa shape index (κ1) is 13.7. The molecule has 17 heavy (non-hydrogen) atoms. The average Bonchev–Trinajstić information content (AvgIpc) is 2.67. The number of hydrogen-bond acceptors (Lipinski definition) is 2. The molecule has 1 amide bonds. The highest BCUT2D eigenvalue weighted by Gasteiger charge is 2.27. The summed E-state index contributed by atoms with van der Waals surface area (Å²) in [6, 6.07) is 0.103. The molecule has 0 aliphatic heterocycles. The molecule has 0 aliphatic rings. The van der Waals surface area contributed by atoms with Crippen LogP contribution in [0.4, 0.5) is 0 Å². The minimum Gasteiger partial charge on any atom is -0.351 e. The zero-order valence-corrected chi connectivity index (χ0v) is 11.4. The Bertz CT molecular complexity index is 349. The molecular weight excluding hydrogens is 214 g/mol. The van der Waals surface area contributed by atoms with Crippen LogP contribution in [0.5, 0.6) is 0 Å². The van der Waals surface area contributed by atoms with Gasteiger partial charge in [0, 0.05) is 24.9 Å². The SMILES string of the molecule is CC(C)C(=O)NC(Cn1ccnc1)C(C)(C)C. The Balaban J connectivity index is 2.72. The Hall–Kier alpha value is -1.32. The van der Waals surface area contributed by atoms with Gasteiger partial charge in [-0.1, -0.05) is 34.6 Å². The molecule has 1 heterocycles. The summed E-state index contributed by atoms with van der Waals surface area (Å²) in [4.78, 5) is 15.8. The normalized spacial score (nSPS) is 13.8. The number of hydrogen-bond donors (Lipinski definition) is 1. The monoisotopic (exact) mass is 237 g/mol. The lowest BCUT2D eigenvalue weighted by Crippen LogP contribution is -2.47. The molecule has 4 nitrogen and oxygen atoms in total. The van der Waals surface area contributed by atoms with E-state index in [1.54, 1.807) is 12.5 Å². The summed E-state index contributed by atoms with van der Waals surface area (Å²) < 4.78 is 2.00. The Labute approximate surface area is 103 Å². The molecule has 0 saturated heterocycles. The molecule has 0 saturated carbocycles. The van der Waals surface area contributed by atoms with Gasteiger partial charge in [-0.15, -0.1) is 0 Å². The number of aromatic nitrogens is 2. The Morgan fingerprint density at radius 1 is 1.41 bits per heavy atom. The first-order chi connectivity index (χ1) is 7.80. The summed E-state index contributed by atoms with van der Waals surface area (Å²) in [7, 11) is 0. The topological polar surface area (TPSA) is 46.9 Å². The first-order valence-electron chi connectivity index (χ1n) is 6.07. The Morgan fingerprint density at radius 2 is 2.06 bits per heavy atom. The zero-order chi connectivity index (χ0) is 13.1. The molecule has 96 valence electrons. The van der Waals surface area contributed by atoms with E-state index in [0.717, 1.165) is 6.54 Å². The molecule has 1 N–H and O–H groups in total. The van der Waals surface area contributed by atoms with Crippen LogP contribution in [0.15, 0.2) is 18.7 Å². The van der Waals surface area contributed by atoms with E-state index < -0.39 is 0 Å². The van der Waals surface area contributed by atoms with E-state index >= 15 is 0 Å². The van der Waals surface area contributed by atoms with Crippen molar-refractivity contribution in [3.8, 4) is 0 Å². The van der Waals surface area contributed by atoms with Gasteiger partial charge in [0.15, 0.2) is 0 Å². The fourth-order valence-corrected chi connectivity index (χ4v) is 1.48. The molecule has 0 radical (unpaired) electrons. The molecule has 0 aromatic carbocycles. The third-order valence-electron chi connectivity index (χ3n) is 2.84. The van der Waals surface area contributed by atoms with E-state index in [4.69, 9.17) is 0 Å². The minimum absolute atomic E-state index is 0.0163. The van der Waals surface area contributed by atoms with E-state index in [1.165, 1.54) is 0 Å². The van der Waals surface area contributed by atoms with Crippen LogP contribution in [0.3, 0.4) is 0 Å². The molecule has 0 bridgehead atoms. The predicted octanol–water partition coefficient (Wildman–Crippen LogP) is 2.07. The molecule has 1 atom stereocenters. The first-order valence-corrected chi connectivity index (χ1v) is 6.07. The maximum Gasteiger partial charge on any atom is 0.222 e. The molecule has 0 spiro atoms. The van der Waals surface area contributed by atoms with E-state index in [0.29, 0.717) is 0 Å². The van der Waals surface area contributed by atoms with Crippen LogP contribution in [-0.4, -0.2) is 21.5 Å². The van der Waals surface area contributed by atoms with Gasteiger partial charge in [-0.05, 0) is 5.41 Å². The van der Waals surface area contributed by atoms with E-state index in [9.17, 15) is 4.79 Å². The number of rotatable bonds is 4. The quantitative estimate of drug-likeness (QED) is 0.871. The fraction of sp³-hybridized carbons (Fsp3) is 0.692. The van der Waals surface area contributed by atoms with Gasteiger partial charge in [0.25, 0.3) is 0 Å². The molecule has 0 fully saturated rings. The largest absolute Gasteiger partial charge is 0.351 e. The Morgan fingerprint density at radius 3 is 2.47 bits per heavy atom. The smallest absolute Gasteiger partial charge is 0.222 e. The third kappa shape index (κ3) is 4.21. The molecular formula is C13H23N3O. The predicted molar refractivity (Wildman–Crippen MR) is 68.5 cm³/mol. The summed E-state index contributed by atoms with van der Waals surface area (Å²) in [6.45, 7) is 11.0. The number of carbonyl (C=O) groups is 1. The van der Waals surface area contributed by atoms with Crippen LogP contribution in [0.1, 0.15) is 34.6 Å². The lowest BCUT2D eigenvalue weighted by atomic mass is 9.86. The summed E-state index contributed by atoms with van der Waals surface area (Å²) >= 11 is 0. The van der Waals surface area contributed by atoms with Crippen molar-refractivity contribution in [1.29, 1.82) is 0 Å². The molecule has 1 unspecified atom stereocenters. The van der Waals surface area contributed by atoms with E-state index in [2.05, 4.69) is 31.1 Å². The number of amides is 1. The van der Waals surface area contributed by atoms with Gasteiger partial charge in [0.05, 0.1) is 12.4 Å². The van der Waals surface area contributed by atoms with Gasteiger partial charge in [-0.3, -0.25) is 4.79 Å². The second-order valence-corrected chi connectivity index (χ2v) is 5.84. The lowest BCUT2D eigenvalue weighted by molar-refractivity contribution is -0.125. The summed E-state index contributed by atoms with van der Waals surface area (Å²) in [5.41, 5.74) is 0.0226. The van der Waals surface area contributed by atoms with Crippen molar-refractivity contribution >= 4 is 5.91 Å². The third-order valence-corrected chi connectivity index (χ3v) is 2.84. The highest BCUT2D eigenvalue weighted by atomic mass is 16.1.